The van der Waals surface area contributed by atoms with Gasteiger partial charge in [-0.05, 0) is 43.5 Å². The number of piperidine rings is 1. The number of carbonyl (C=O) groups is 1. The standard InChI is InChI=1S/C23H28N4O3/c1-18-5-2-3-7-22(18)25-15-13-24(14-16-25)21-6-4-12-26(17-21)23(28)19-8-10-20(11-9-19)27(29)30/h2-3,5,7-11,21H,4,6,12-17H2,1H3/t21-/m1/s1. The summed E-state index contributed by atoms with van der Waals surface area (Å²) in [5, 5.41) is 10.8. The fraction of sp³-hybridized carbons (Fsp3) is 0.435. The first-order chi connectivity index (χ1) is 14.5. The molecule has 2 heterocycles. The van der Waals surface area contributed by atoms with Crippen LogP contribution in [0, 0.1) is 17.0 Å². The number of para-hydroxylation sites is 1. The Balaban J connectivity index is 1.36. The number of anilines is 1. The number of carbonyl (C=O) groups excluding carboxylic acids is 1. The largest absolute Gasteiger partial charge is 0.369 e. The summed E-state index contributed by atoms with van der Waals surface area (Å²) in [6, 6.07) is 14.8. The van der Waals surface area contributed by atoms with Gasteiger partial charge in [-0.3, -0.25) is 19.8 Å². The van der Waals surface area contributed by atoms with Gasteiger partial charge >= 0.3 is 0 Å². The van der Waals surface area contributed by atoms with Crippen molar-refractivity contribution >= 4 is 17.3 Å². The summed E-state index contributed by atoms with van der Waals surface area (Å²) in [6.45, 7) is 7.62. The van der Waals surface area contributed by atoms with E-state index in [0.717, 1.165) is 52.1 Å². The minimum Gasteiger partial charge on any atom is -0.369 e. The maximum absolute atomic E-state index is 12.9. The average Bonchev–Trinajstić information content (AvgIpc) is 2.79. The Morgan fingerprint density at radius 1 is 1.00 bits per heavy atom. The number of nitro benzene ring substituents is 1. The number of amides is 1. The van der Waals surface area contributed by atoms with Gasteiger partial charge in [-0.2, -0.15) is 0 Å². The molecule has 0 aromatic heterocycles. The van der Waals surface area contributed by atoms with Crippen LogP contribution in [0.2, 0.25) is 0 Å². The number of nitrogens with zero attached hydrogens (tertiary/aromatic N) is 4. The summed E-state index contributed by atoms with van der Waals surface area (Å²) in [6.07, 6.45) is 2.09. The van der Waals surface area contributed by atoms with Crippen molar-refractivity contribution in [3.05, 3.63) is 69.8 Å². The molecule has 30 heavy (non-hydrogen) atoms. The molecule has 0 N–H and O–H groups in total. The van der Waals surface area contributed by atoms with Crippen molar-refractivity contribution in [3.63, 3.8) is 0 Å². The zero-order valence-corrected chi connectivity index (χ0v) is 17.4. The van der Waals surface area contributed by atoms with Crippen LogP contribution >= 0.6 is 0 Å². The molecule has 0 saturated carbocycles. The fourth-order valence-electron chi connectivity index (χ4n) is 4.59. The van der Waals surface area contributed by atoms with Crippen molar-refractivity contribution in [1.82, 2.24) is 9.80 Å². The van der Waals surface area contributed by atoms with Gasteiger partial charge in [0.05, 0.1) is 4.92 Å². The van der Waals surface area contributed by atoms with E-state index in [9.17, 15) is 14.9 Å². The summed E-state index contributed by atoms with van der Waals surface area (Å²) in [5.74, 6) is -0.0341. The second-order valence-electron chi connectivity index (χ2n) is 8.16. The highest BCUT2D eigenvalue weighted by molar-refractivity contribution is 5.94. The molecule has 2 saturated heterocycles. The van der Waals surface area contributed by atoms with Gasteiger partial charge in [0.1, 0.15) is 0 Å². The highest BCUT2D eigenvalue weighted by atomic mass is 16.6. The predicted octanol–water partition coefficient (Wildman–Crippen LogP) is 3.33. The lowest BCUT2D eigenvalue weighted by molar-refractivity contribution is -0.384. The number of likely N-dealkylation sites (tertiary alicyclic amines) is 1. The van der Waals surface area contributed by atoms with Crippen LogP contribution in [0.3, 0.4) is 0 Å². The molecule has 7 nitrogen and oxygen atoms in total. The minimum absolute atomic E-state index is 0.00888. The number of hydrogen-bond donors (Lipinski definition) is 0. The molecule has 2 fully saturated rings. The monoisotopic (exact) mass is 408 g/mol. The Hall–Kier alpha value is -2.93. The maximum Gasteiger partial charge on any atom is 0.269 e. The SMILES string of the molecule is Cc1ccccc1N1CCN([C@@H]2CCCN(C(=O)c3ccc([N+](=O)[O-])cc3)C2)CC1. The summed E-state index contributed by atoms with van der Waals surface area (Å²) in [5.41, 5.74) is 3.15. The molecule has 0 unspecified atom stereocenters. The molecule has 2 aromatic carbocycles. The van der Waals surface area contributed by atoms with Gasteiger partial charge in [0.2, 0.25) is 0 Å². The summed E-state index contributed by atoms with van der Waals surface area (Å²) in [4.78, 5) is 30.2. The van der Waals surface area contributed by atoms with Crippen LogP contribution < -0.4 is 4.90 Å². The number of benzene rings is 2. The van der Waals surface area contributed by atoms with Crippen molar-refractivity contribution in [2.45, 2.75) is 25.8 Å². The quantitative estimate of drug-likeness (QED) is 0.573. The minimum atomic E-state index is -0.443. The second kappa shape index (κ2) is 8.83. The smallest absolute Gasteiger partial charge is 0.269 e. The Morgan fingerprint density at radius 3 is 2.37 bits per heavy atom. The van der Waals surface area contributed by atoms with Gasteiger partial charge in [-0.15, -0.1) is 0 Å². The number of aryl methyl sites for hydroxylation is 1. The molecular weight excluding hydrogens is 380 g/mol. The van der Waals surface area contributed by atoms with Crippen LogP contribution in [-0.4, -0.2) is 65.9 Å². The molecule has 4 rings (SSSR count). The Labute approximate surface area is 177 Å². The lowest BCUT2D eigenvalue weighted by Crippen LogP contribution is -2.56. The molecule has 1 atom stereocenters. The number of non-ortho nitro benzene ring substituents is 1. The van der Waals surface area contributed by atoms with Crippen molar-refractivity contribution in [2.24, 2.45) is 0 Å². The normalized spacial score (nSPS) is 20.2. The van der Waals surface area contributed by atoms with E-state index in [0.29, 0.717) is 11.6 Å². The molecule has 7 heteroatoms. The Morgan fingerprint density at radius 2 is 1.70 bits per heavy atom. The topological polar surface area (TPSA) is 69.9 Å². The molecule has 0 bridgehead atoms. The van der Waals surface area contributed by atoms with E-state index in [1.165, 1.54) is 23.4 Å². The van der Waals surface area contributed by atoms with Crippen molar-refractivity contribution < 1.29 is 9.72 Å². The van der Waals surface area contributed by atoms with Gasteiger partial charge < -0.3 is 9.80 Å². The third-order valence-corrected chi connectivity index (χ3v) is 6.30. The van der Waals surface area contributed by atoms with Gasteiger partial charge in [0.25, 0.3) is 11.6 Å². The summed E-state index contributed by atoms with van der Waals surface area (Å²) < 4.78 is 0. The van der Waals surface area contributed by atoms with E-state index in [1.807, 2.05) is 4.90 Å². The molecular formula is C23H28N4O3. The zero-order valence-electron chi connectivity index (χ0n) is 17.4. The Bertz CT molecular complexity index is 907. The van der Waals surface area contributed by atoms with Gasteiger partial charge in [0, 0.05) is 68.7 Å². The summed E-state index contributed by atoms with van der Waals surface area (Å²) in [7, 11) is 0. The molecule has 2 aliphatic heterocycles. The highest BCUT2D eigenvalue weighted by Crippen LogP contribution is 2.24. The van der Waals surface area contributed by atoms with Crippen LogP contribution in [0.1, 0.15) is 28.8 Å². The van der Waals surface area contributed by atoms with Crippen molar-refractivity contribution in [2.75, 3.05) is 44.2 Å². The van der Waals surface area contributed by atoms with Gasteiger partial charge in [0.15, 0.2) is 0 Å². The maximum atomic E-state index is 12.9. The first-order valence-electron chi connectivity index (χ1n) is 10.6. The lowest BCUT2D eigenvalue weighted by Gasteiger charge is -2.44. The average molecular weight is 409 g/mol. The number of piperazine rings is 1. The fourth-order valence-corrected chi connectivity index (χ4v) is 4.59. The lowest BCUT2D eigenvalue weighted by atomic mass is 10.0. The third-order valence-electron chi connectivity index (χ3n) is 6.30. The number of rotatable bonds is 4. The van der Waals surface area contributed by atoms with Crippen molar-refractivity contribution in [1.29, 1.82) is 0 Å². The van der Waals surface area contributed by atoms with Crippen LogP contribution in [-0.2, 0) is 0 Å². The van der Waals surface area contributed by atoms with E-state index in [2.05, 4.69) is 41.0 Å². The van der Waals surface area contributed by atoms with E-state index in [1.54, 1.807) is 12.1 Å². The molecule has 0 spiro atoms. The highest BCUT2D eigenvalue weighted by Gasteiger charge is 2.30. The third kappa shape index (κ3) is 4.31. The van der Waals surface area contributed by atoms with E-state index in [4.69, 9.17) is 0 Å². The zero-order chi connectivity index (χ0) is 21.1. The van der Waals surface area contributed by atoms with Crippen LogP contribution in [0.25, 0.3) is 0 Å². The van der Waals surface area contributed by atoms with Crippen LogP contribution in [0.4, 0.5) is 11.4 Å². The van der Waals surface area contributed by atoms with E-state index < -0.39 is 4.92 Å². The predicted molar refractivity (Wildman–Crippen MR) is 117 cm³/mol. The number of hydrogen-bond acceptors (Lipinski definition) is 5. The molecule has 0 aliphatic carbocycles. The van der Waals surface area contributed by atoms with Crippen LogP contribution in [0.15, 0.2) is 48.5 Å². The van der Waals surface area contributed by atoms with Crippen molar-refractivity contribution in [3.8, 4) is 0 Å². The summed E-state index contributed by atoms with van der Waals surface area (Å²) >= 11 is 0. The molecule has 0 radical (unpaired) electrons. The first kappa shape index (κ1) is 20.3. The first-order valence-corrected chi connectivity index (χ1v) is 10.6. The Kier molecular flexibility index (Phi) is 5.99. The molecule has 2 aliphatic rings. The molecule has 1 amide bonds. The van der Waals surface area contributed by atoms with Gasteiger partial charge in [-0.1, -0.05) is 18.2 Å². The van der Waals surface area contributed by atoms with E-state index >= 15 is 0 Å². The molecule has 158 valence electrons. The van der Waals surface area contributed by atoms with Gasteiger partial charge in [-0.25, -0.2) is 0 Å². The number of nitro groups is 1. The molecule has 2 aromatic rings. The van der Waals surface area contributed by atoms with Crippen LogP contribution in [0.5, 0.6) is 0 Å². The second-order valence-corrected chi connectivity index (χ2v) is 8.16. The van der Waals surface area contributed by atoms with E-state index in [-0.39, 0.29) is 11.6 Å².